The Morgan fingerprint density at radius 3 is 2.50 bits per heavy atom. The van der Waals surface area contributed by atoms with Gasteiger partial charge in [-0.3, -0.25) is 13.9 Å². The Morgan fingerprint density at radius 2 is 1.83 bits per heavy atom. The predicted molar refractivity (Wildman–Crippen MR) is 134 cm³/mol. The van der Waals surface area contributed by atoms with E-state index in [4.69, 9.17) is 0 Å². The van der Waals surface area contributed by atoms with Gasteiger partial charge in [-0.25, -0.2) is 13.6 Å². The normalized spacial score (nSPS) is 19.7. The van der Waals surface area contributed by atoms with Gasteiger partial charge in [0, 0.05) is 36.0 Å². The van der Waals surface area contributed by atoms with Gasteiger partial charge in [0.25, 0.3) is 5.56 Å². The second kappa shape index (κ2) is 11.0. The zero-order valence-electron chi connectivity index (χ0n) is 20.3. The molecule has 4 rings (SSSR count). The summed E-state index contributed by atoms with van der Waals surface area (Å²) in [5.41, 5.74) is 0.211. The fourth-order valence-corrected chi connectivity index (χ4v) is 5.07. The molecule has 0 atom stereocenters. The Morgan fingerprint density at radius 1 is 1.11 bits per heavy atom. The molecule has 1 fully saturated rings. The summed E-state index contributed by atoms with van der Waals surface area (Å²) >= 11 is 0. The molecule has 1 heterocycles. The Kier molecular flexibility index (Phi) is 7.80. The molecule has 1 aliphatic rings. The third-order valence-electron chi connectivity index (χ3n) is 7.10. The third kappa shape index (κ3) is 5.47. The van der Waals surface area contributed by atoms with Crippen LogP contribution in [0.3, 0.4) is 0 Å². The van der Waals surface area contributed by atoms with Crippen LogP contribution in [0.15, 0.2) is 64.3 Å². The summed E-state index contributed by atoms with van der Waals surface area (Å²) in [6, 6.07) is 15.5. The van der Waals surface area contributed by atoms with Crippen LogP contribution in [0.5, 0.6) is 0 Å². The molecule has 6 nitrogen and oxygen atoms in total. The first-order chi connectivity index (χ1) is 17.3. The van der Waals surface area contributed by atoms with Crippen LogP contribution in [0.25, 0.3) is 0 Å². The van der Waals surface area contributed by atoms with Gasteiger partial charge in [0.1, 0.15) is 11.6 Å². The number of nitrogens with one attached hydrogen (secondary N) is 1. The fraction of sp³-hybridized carbons (Fsp3) is 0.393. The molecule has 0 saturated heterocycles. The van der Waals surface area contributed by atoms with Crippen LogP contribution in [0, 0.1) is 29.9 Å². The molecule has 0 bridgehead atoms. The van der Waals surface area contributed by atoms with Gasteiger partial charge < -0.3 is 5.32 Å². The van der Waals surface area contributed by atoms with Crippen molar-refractivity contribution in [2.45, 2.75) is 63.6 Å². The second-order valence-electron chi connectivity index (χ2n) is 9.57. The summed E-state index contributed by atoms with van der Waals surface area (Å²) in [5, 5.41) is 13.3. The number of halogens is 2. The highest BCUT2D eigenvalue weighted by Crippen LogP contribution is 2.40. The molecule has 0 aliphatic heterocycles. The lowest BCUT2D eigenvalue weighted by Gasteiger charge is -2.36. The average molecular weight is 493 g/mol. The maximum absolute atomic E-state index is 14.4. The molecule has 8 heteroatoms. The molecular formula is C28H30F2N4O2. The minimum Gasteiger partial charge on any atom is -0.314 e. The number of benzene rings is 2. The van der Waals surface area contributed by atoms with Gasteiger partial charge >= 0.3 is 5.69 Å². The van der Waals surface area contributed by atoms with Crippen molar-refractivity contribution in [2.24, 2.45) is 0 Å². The topological polar surface area (TPSA) is 79.8 Å². The molecule has 0 spiro atoms. The quantitative estimate of drug-likeness (QED) is 0.482. The van der Waals surface area contributed by atoms with Crippen LogP contribution in [-0.2, 0) is 18.5 Å². The molecule has 1 aliphatic carbocycles. The van der Waals surface area contributed by atoms with Crippen LogP contribution in [0.4, 0.5) is 8.78 Å². The third-order valence-corrected chi connectivity index (χ3v) is 7.10. The molecule has 1 saturated carbocycles. The second-order valence-corrected chi connectivity index (χ2v) is 9.57. The van der Waals surface area contributed by atoms with E-state index >= 15 is 0 Å². The number of aryl methyl sites for hydroxylation is 1. The minimum absolute atomic E-state index is 0.152. The van der Waals surface area contributed by atoms with E-state index in [2.05, 4.69) is 11.4 Å². The van der Waals surface area contributed by atoms with Crippen LogP contribution < -0.4 is 16.6 Å². The highest BCUT2D eigenvalue weighted by molar-refractivity contribution is 5.35. The van der Waals surface area contributed by atoms with Crippen LogP contribution in [0.1, 0.15) is 48.8 Å². The van der Waals surface area contributed by atoms with E-state index in [0.29, 0.717) is 57.3 Å². The van der Waals surface area contributed by atoms with Gasteiger partial charge in [-0.2, -0.15) is 5.26 Å². The molecule has 3 aromatic rings. The van der Waals surface area contributed by atoms with Crippen LogP contribution in [0.2, 0.25) is 0 Å². The lowest BCUT2D eigenvalue weighted by atomic mass is 9.69. The van der Waals surface area contributed by atoms with Gasteiger partial charge in [0.15, 0.2) is 0 Å². The summed E-state index contributed by atoms with van der Waals surface area (Å²) in [7, 11) is 0. The monoisotopic (exact) mass is 492 g/mol. The van der Waals surface area contributed by atoms with E-state index in [1.54, 1.807) is 17.7 Å². The standard InChI is InChI=1S/C28H30F2N4O2/c1-20-17-33(18-21-6-3-2-4-7-21)27(36)34(26(20)35)15-5-14-32-23-10-12-28(19-31,13-11-23)24-9-8-22(29)16-25(24)30/h2-4,6-9,16-17,23,32H,5,10-15,18H2,1H3/t23-,28-. The number of nitrogens with zero attached hydrogens (tertiary/aromatic N) is 3. The number of hydrogen-bond donors (Lipinski definition) is 1. The number of aromatic nitrogens is 2. The van der Waals surface area contributed by atoms with E-state index in [1.165, 1.54) is 16.7 Å². The van der Waals surface area contributed by atoms with Crippen molar-refractivity contribution < 1.29 is 8.78 Å². The number of nitriles is 1. The van der Waals surface area contributed by atoms with Crippen LogP contribution >= 0.6 is 0 Å². The Labute approximate surface area is 208 Å². The van der Waals surface area contributed by atoms with Crippen molar-refractivity contribution in [1.82, 2.24) is 14.5 Å². The van der Waals surface area contributed by atoms with Gasteiger partial charge in [0.2, 0.25) is 0 Å². The Bertz CT molecular complexity index is 1370. The fourth-order valence-electron chi connectivity index (χ4n) is 5.07. The van der Waals surface area contributed by atoms with Crippen molar-refractivity contribution in [3.05, 3.63) is 104 Å². The summed E-state index contributed by atoms with van der Waals surface area (Å²) in [5.74, 6) is -1.33. The lowest BCUT2D eigenvalue weighted by Crippen LogP contribution is -2.42. The molecule has 0 amide bonds. The summed E-state index contributed by atoms with van der Waals surface area (Å²) in [6.07, 6.45) is 4.52. The van der Waals surface area contributed by atoms with E-state index in [0.717, 1.165) is 11.6 Å². The molecule has 0 radical (unpaired) electrons. The van der Waals surface area contributed by atoms with Gasteiger partial charge in [-0.15, -0.1) is 0 Å². The van der Waals surface area contributed by atoms with E-state index in [1.807, 2.05) is 30.3 Å². The Hall–Kier alpha value is -3.57. The van der Waals surface area contributed by atoms with E-state index in [9.17, 15) is 23.6 Å². The zero-order valence-corrected chi connectivity index (χ0v) is 20.3. The molecule has 1 aromatic heterocycles. The first-order valence-corrected chi connectivity index (χ1v) is 12.3. The predicted octanol–water partition coefficient (Wildman–Crippen LogP) is 4.03. The average Bonchev–Trinajstić information content (AvgIpc) is 2.88. The lowest BCUT2D eigenvalue weighted by molar-refractivity contribution is 0.288. The summed E-state index contributed by atoms with van der Waals surface area (Å²) in [4.78, 5) is 25.6. The molecular weight excluding hydrogens is 462 g/mol. The summed E-state index contributed by atoms with van der Waals surface area (Å²) in [6.45, 7) is 3.02. The smallest absolute Gasteiger partial charge is 0.314 e. The van der Waals surface area contributed by atoms with Crippen molar-refractivity contribution >= 4 is 0 Å². The maximum Gasteiger partial charge on any atom is 0.331 e. The molecule has 1 N–H and O–H groups in total. The van der Waals surface area contributed by atoms with Gasteiger partial charge in [-0.1, -0.05) is 36.4 Å². The first kappa shape index (κ1) is 25.5. The SMILES string of the molecule is Cc1cn(Cc2ccccc2)c(=O)n(CCCN[C@H]2CC[C@](C#N)(c3ccc(F)cc3F)CC2)c1=O. The van der Waals surface area contributed by atoms with Crippen molar-refractivity contribution in [3.8, 4) is 6.07 Å². The molecule has 36 heavy (non-hydrogen) atoms. The largest absolute Gasteiger partial charge is 0.331 e. The van der Waals surface area contributed by atoms with Crippen molar-refractivity contribution in [3.63, 3.8) is 0 Å². The highest BCUT2D eigenvalue weighted by atomic mass is 19.1. The Balaban J connectivity index is 1.34. The molecule has 0 unspecified atom stereocenters. The number of rotatable bonds is 8. The van der Waals surface area contributed by atoms with Gasteiger partial charge in [-0.05, 0) is 57.2 Å². The summed E-state index contributed by atoms with van der Waals surface area (Å²) < 4.78 is 30.5. The first-order valence-electron chi connectivity index (χ1n) is 12.3. The van der Waals surface area contributed by atoms with E-state index < -0.39 is 17.0 Å². The van der Waals surface area contributed by atoms with E-state index in [-0.39, 0.29) is 22.9 Å². The maximum atomic E-state index is 14.4. The highest BCUT2D eigenvalue weighted by Gasteiger charge is 2.39. The van der Waals surface area contributed by atoms with Crippen molar-refractivity contribution in [1.29, 1.82) is 5.26 Å². The molecule has 2 aromatic carbocycles. The zero-order chi connectivity index (χ0) is 25.7. The van der Waals surface area contributed by atoms with Gasteiger partial charge in [0.05, 0.1) is 18.0 Å². The number of hydrogen-bond acceptors (Lipinski definition) is 4. The molecule has 188 valence electrons. The minimum atomic E-state index is -0.950. The van der Waals surface area contributed by atoms with Crippen molar-refractivity contribution in [2.75, 3.05) is 6.54 Å². The van der Waals surface area contributed by atoms with Crippen LogP contribution in [-0.4, -0.2) is 21.7 Å².